The largest absolute Gasteiger partial charge is 0.491 e. The van der Waals surface area contributed by atoms with Crippen molar-refractivity contribution in [3.8, 4) is 22.9 Å². The summed E-state index contributed by atoms with van der Waals surface area (Å²) >= 11 is 0. The van der Waals surface area contributed by atoms with Crippen molar-refractivity contribution in [2.45, 2.75) is 20.1 Å². The fraction of sp³-hybridized carbons (Fsp3) is 0.133. The van der Waals surface area contributed by atoms with Crippen LogP contribution in [0.15, 0.2) is 102 Å². The summed E-state index contributed by atoms with van der Waals surface area (Å²) < 4.78 is 19.2. The van der Waals surface area contributed by atoms with E-state index in [1.807, 2.05) is 84.9 Å². The lowest BCUT2D eigenvalue weighted by atomic mass is 10.2. The summed E-state index contributed by atoms with van der Waals surface area (Å²) in [6.45, 7) is 2.63. The standard InChI is InChI=1S/C30H26N2O4/c1-21-31-28-26(16-17-27(29(28)34-2)36-20-23-12-7-4-8-13-23)30(33)32(21)24-14-9-15-25(18-24)35-19-22-10-5-3-6-11-22/h3-18H,19-20H2,1-2H3. The fourth-order valence-electron chi connectivity index (χ4n) is 4.12. The third-order valence-electron chi connectivity index (χ3n) is 5.89. The van der Waals surface area contributed by atoms with Crippen LogP contribution in [-0.4, -0.2) is 16.7 Å². The molecule has 36 heavy (non-hydrogen) atoms. The number of ether oxygens (including phenoxy) is 3. The van der Waals surface area contributed by atoms with Gasteiger partial charge in [-0.3, -0.25) is 9.36 Å². The Kier molecular flexibility index (Phi) is 6.67. The zero-order valence-electron chi connectivity index (χ0n) is 20.2. The van der Waals surface area contributed by atoms with Gasteiger partial charge in [-0.1, -0.05) is 66.7 Å². The third kappa shape index (κ3) is 4.79. The Bertz CT molecular complexity index is 1550. The molecule has 0 aliphatic heterocycles. The number of benzene rings is 4. The molecule has 6 heteroatoms. The van der Waals surface area contributed by atoms with Gasteiger partial charge in [-0.25, -0.2) is 4.98 Å². The Hall–Kier alpha value is -4.58. The molecular weight excluding hydrogens is 452 g/mol. The van der Waals surface area contributed by atoms with Crippen molar-refractivity contribution in [3.63, 3.8) is 0 Å². The number of fused-ring (bicyclic) bond motifs is 1. The molecule has 5 rings (SSSR count). The number of aromatic nitrogens is 2. The van der Waals surface area contributed by atoms with Gasteiger partial charge in [-0.15, -0.1) is 0 Å². The van der Waals surface area contributed by atoms with Crippen LogP contribution in [0, 0.1) is 6.92 Å². The third-order valence-corrected chi connectivity index (χ3v) is 5.89. The van der Waals surface area contributed by atoms with E-state index in [-0.39, 0.29) is 5.56 Å². The second-order valence-electron chi connectivity index (χ2n) is 8.34. The summed E-state index contributed by atoms with van der Waals surface area (Å²) in [4.78, 5) is 18.3. The first-order valence-electron chi connectivity index (χ1n) is 11.7. The Balaban J connectivity index is 1.47. The normalized spacial score (nSPS) is 10.8. The van der Waals surface area contributed by atoms with Gasteiger partial charge >= 0.3 is 0 Å². The lowest BCUT2D eigenvalue weighted by Gasteiger charge is -2.16. The highest BCUT2D eigenvalue weighted by molar-refractivity contribution is 5.87. The van der Waals surface area contributed by atoms with Crippen molar-refractivity contribution in [3.05, 3.63) is 124 Å². The molecule has 0 aliphatic rings. The number of hydrogen-bond acceptors (Lipinski definition) is 5. The maximum atomic E-state index is 13.6. The van der Waals surface area contributed by atoms with E-state index in [0.717, 1.165) is 11.1 Å². The quantitative estimate of drug-likeness (QED) is 0.280. The molecule has 0 aliphatic carbocycles. The highest BCUT2D eigenvalue weighted by atomic mass is 16.5. The average molecular weight is 479 g/mol. The minimum atomic E-state index is -0.189. The van der Waals surface area contributed by atoms with Gasteiger partial charge in [0.25, 0.3) is 5.56 Å². The van der Waals surface area contributed by atoms with Gasteiger partial charge in [-0.2, -0.15) is 0 Å². The number of methoxy groups -OCH3 is 1. The van der Waals surface area contributed by atoms with Crippen molar-refractivity contribution in [2.75, 3.05) is 7.11 Å². The summed E-state index contributed by atoms with van der Waals surface area (Å²) in [5.74, 6) is 2.18. The molecule has 6 nitrogen and oxygen atoms in total. The van der Waals surface area contributed by atoms with Crippen LogP contribution in [0.5, 0.6) is 17.2 Å². The van der Waals surface area contributed by atoms with E-state index in [2.05, 4.69) is 0 Å². The van der Waals surface area contributed by atoms with E-state index in [0.29, 0.717) is 52.9 Å². The molecular formula is C30H26N2O4. The van der Waals surface area contributed by atoms with E-state index in [9.17, 15) is 4.79 Å². The van der Waals surface area contributed by atoms with E-state index < -0.39 is 0 Å². The maximum absolute atomic E-state index is 13.6. The highest BCUT2D eigenvalue weighted by Gasteiger charge is 2.17. The maximum Gasteiger partial charge on any atom is 0.266 e. The Labute approximate surface area is 209 Å². The second kappa shape index (κ2) is 10.4. The first-order chi connectivity index (χ1) is 17.6. The van der Waals surface area contributed by atoms with Crippen molar-refractivity contribution in [1.82, 2.24) is 9.55 Å². The minimum Gasteiger partial charge on any atom is -0.491 e. The van der Waals surface area contributed by atoms with Gasteiger partial charge in [-0.05, 0) is 42.3 Å². The van der Waals surface area contributed by atoms with Crippen molar-refractivity contribution in [2.24, 2.45) is 0 Å². The molecule has 0 unspecified atom stereocenters. The van der Waals surface area contributed by atoms with Gasteiger partial charge in [0, 0.05) is 6.07 Å². The van der Waals surface area contributed by atoms with Crippen molar-refractivity contribution >= 4 is 10.9 Å². The molecule has 0 spiro atoms. The number of nitrogens with zero attached hydrogens (tertiary/aromatic N) is 2. The van der Waals surface area contributed by atoms with Gasteiger partial charge in [0.05, 0.1) is 18.2 Å². The first kappa shape index (κ1) is 23.2. The van der Waals surface area contributed by atoms with Crippen molar-refractivity contribution in [1.29, 1.82) is 0 Å². The van der Waals surface area contributed by atoms with Gasteiger partial charge in [0.15, 0.2) is 11.5 Å². The Morgan fingerprint density at radius 1 is 0.778 bits per heavy atom. The molecule has 0 bridgehead atoms. The summed E-state index contributed by atoms with van der Waals surface area (Å²) in [5, 5.41) is 0.445. The molecule has 0 fully saturated rings. The van der Waals surface area contributed by atoms with Crippen LogP contribution in [0.2, 0.25) is 0 Å². The Morgan fingerprint density at radius 2 is 1.44 bits per heavy atom. The van der Waals surface area contributed by atoms with Crippen LogP contribution in [-0.2, 0) is 13.2 Å². The highest BCUT2D eigenvalue weighted by Crippen LogP contribution is 2.34. The molecule has 5 aromatic rings. The average Bonchev–Trinajstić information content (AvgIpc) is 2.92. The molecule has 0 atom stereocenters. The molecule has 1 heterocycles. The monoisotopic (exact) mass is 478 g/mol. The van der Waals surface area contributed by atoms with E-state index in [1.54, 1.807) is 30.7 Å². The summed E-state index contributed by atoms with van der Waals surface area (Å²) in [6, 6.07) is 30.8. The van der Waals surface area contributed by atoms with Crippen LogP contribution in [0.4, 0.5) is 0 Å². The van der Waals surface area contributed by atoms with E-state index >= 15 is 0 Å². The SMILES string of the molecule is COc1c(OCc2ccccc2)ccc2c(=O)n(-c3cccc(OCc4ccccc4)c3)c(C)nc12. The smallest absolute Gasteiger partial charge is 0.266 e. The zero-order chi connectivity index (χ0) is 24.9. The molecule has 0 amide bonds. The molecule has 0 saturated heterocycles. The van der Waals surface area contributed by atoms with E-state index in [4.69, 9.17) is 19.2 Å². The van der Waals surface area contributed by atoms with Crippen LogP contribution >= 0.6 is 0 Å². The number of hydrogen-bond donors (Lipinski definition) is 0. The molecule has 0 saturated carbocycles. The fourth-order valence-corrected chi connectivity index (χ4v) is 4.12. The molecule has 1 aromatic heterocycles. The van der Waals surface area contributed by atoms with Crippen LogP contribution < -0.4 is 19.8 Å². The van der Waals surface area contributed by atoms with Crippen LogP contribution in [0.25, 0.3) is 16.6 Å². The molecule has 0 radical (unpaired) electrons. The first-order valence-corrected chi connectivity index (χ1v) is 11.7. The van der Waals surface area contributed by atoms with Gasteiger partial charge in [0.2, 0.25) is 0 Å². The molecule has 0 N–H and O–H groups in total. The Morgan fingerprint density at radius 3 is 2.11 bits per heavy atom. The summed E-state index contributed by atoms with van der Waals surface area (Å²) in [7, 11) is 1.56. The topological polar surface area (TPSA) is 62.6 Å². The lowest BCUT2D eigenvalue weighted by Crippen LogP contribution is -2.22. The van der Waals surface area contributed by atoms with Crippen LogP contribution in [0.3, 0.4) is 0 Å². The minimum absolute atomic E-state index is 0.189. The zero-order valence-corrected chi connectivity index (χ0v) is 20.2. The predicted molar refractivity (Wildman–Crippen MR) is 140 cm³/mol. The van der Waals surface area contributed by atoms with Crippen LogP contribution in [0.1, 0.15) is 17.0 Å². The lowest BCUT2D eigenvalue weighted by molar-refractivity contribution is 0.286. The molecule has 4 aromatic carbocycles. The second-order valence-corrected chi connectivity index (χ2v) is 8.34. The number of aryl methyl sites for hydroxylation is 1. The van der Waals surface area contributed by atoms with Gasteiger partial charge < -0.3 is 14.2 Å². The number of rotatable bonds is 8. The summed E-state index contributed by atoms with van der Waals surface area (Å²) in [6.07, 6.45) is 0. The summed E-state index contributed by atoms with van der Waals surface area (Å²) in [5.41, 5.74) is 3.07. The van der Waals surface area contributed by atoms with Crippen molar-refractivity contribution < 1.29 is 14.2 Å². The van der Waals surface area contributed by atoms with Gasteiger partial charge in [0.1, 0.15) is 30.3 Å². The van der Waals surface area contributed by atoms with E-state index in [1.165, 1.54) is 0 Å². The predicted octanol–water partition coefficient (Wildman–Crippen LogP) is 5.86. The molecule has 180 valence electrons.